The average molecular weight is 347 g/mol. The van der Waals surface area contributed by atoms with Crippen molar-refractivity contribution < 1.29 is 19.3 Å². The van der Waals surface area contributed by atoms with Crippen molar-refractivity contribution in [1.29, 1.82) is 5.26 Å². The van der Waals surface area contributed by atoms with Crippen molar-refractivity contribution >= 4 is 11.2 Å². The number of fused-ring (bicyclic) bond motifs is 1. The van der Waals surface area contributed by atoms with Gasteiger partial charge in [-0.2, -0.15) is 10.2 Å². The lowest BCUT2D eigenvalue weighted by Crippen LogP contribution is -2.33. The Labute approximate surface area is 145 Å². The van der Waals surface area contributed by atoms with Crippen LogP contribution in [0.15, 0.2) is 6.33 Å². The summed E-state index contributed by atoms with van der Waals surface area (Å²) in [6.45, 7) is 3.93. The molecular formula is C16H21N5O4. The van der Waals surface area contributed by atoms with Gasteiger partial charge in [-0.3, -0.25) is 4.57 Å². The van der Waals surface area contributed by atoms with Crippen LogP contribution in [0.5, 0.6) is 5.88 Å². The van der Waals surface area contributed by atoms with Crippen LogP contribution in [0.3, 0.4) is 0 Å². The number of hydrogen-bond donors (Lipinski definition) is 1. The Morgan fingerprint density at radius 2 is 2.24 bits per heavy atom. The summed E-state index contributed by atoms with van der Waals surface area (Å²) < 4.78 is 18.7. The minimum Gasteiger partial charge on any atom is -0.475 e. The zero-order valence-electron chi connectivity index (χ0n) is 14.4. The van der Waals surface area contributed by atoms with E-state index in [0.717, 1.165) is 0 Å². The second-order valence-corrected chi connectivity index (χ2v) is 5.82. The average Bonchev–Trinajstić information content (AvgIpc) is 3.15. The van der Waals surface area contributed by atoms with E-state index in [9.17, 15) is 5.11 Å². The summed E-state index contributed by atoms with van der Waals surface area (Å²) in [4.78, 5) is 13.0. The van der Waals surface area contributed by atoms with Gasteiger partial charge in [-0.15, -0.1) is 0 Å². The van der Waals surface area contributed by atoms with Gasteiger partial charge in [0.1, 0.15) is 24.6 Å². The largest absolute Gasteiger partial charge is 0.475 e. The summed E-state index contributed by atoms with van der Waals surface area (Å²) in [5.74, 6) is 0.844. The molecule has 4 atom stereocenters. The summed E-state index contributed by atoms with van der Waals surface area (Å²) in [7, 11) is 1.54. The van der Waals surface area contributed by atoms with Gasteiger partial charge in [0.2, 0.25) is 5.88 Å². The van der Waals surface area contributed by atoms with Crippen molar-refractivity contribution in [1.82, 2.24) is 19.5 Å². The molecule has 134 valence electrons. The molecule has 9 heteroatoms. The molecule has 3 rings (SSSR count). The highest BCUT2D eigenvalue weighted by atomic mass is 16.6. The third-order valence-electron chi connectivity index (χ3n) is 4.22. The van der Waals surface area contributed by atoms with Gasteiger partial charge in [0.05, 0.1) is 24.9 Å². The fraction of sp³-hybridized carbons (Fsp3) is 0.625. The molecule has 0 spiro atoms. The van der Waals surface area contributed by atoms with Crippen molar-refractivity contribution in [2.75, 3.05) is 13.7 Å². The summed E-state index contributed by atoms with van der Waals surface area (Å²) in [5, 5.41) is 19.0. The van der Waals surface area contributed by atoms with Crippen molar-refractivity contribution in [2.24, 2.45) is 0 Å². The Hall–Kier alpha value is -2.28. The maximum absolute atomic E-state index is 10.4. The Balaban J connectivity index is 1.99. The fourth-order valence-corrected chi connectivity index (χ4v) is 3.01. The van der Waals surface area contributed by atoms with Gasteiger partial charge in [0.25, 0.3) is 0 Å². The van der Waals surface area contributed by atoms with Crippen molar-refractivity contribution in [3.8, 4) is 11.9 Å². The topological polar surface area (TPSA) is 115 Å². The predicted molar refractivity (Wildman–Crippen MR) is 86.8 cm³/mol. The molecule has 9 nitrogen and oxygen atoms in total. The first-order chi connectivity index (χ1) is 12.1. The first kappa shape index (κ1) is 17.5. The van der Waals surface area contributed by atoms with E-state index in [1.165, 1.54) is 7.11 Å². The van der Waals surface area contributed by atoms with Crippen LogP contribution in [0, 0.1) is 18.3 Å². The van der Waals surface area contributed by atoms with E-state index in [4.69, 9.17) is 19.5 Å². The molecule has 1 aliphatic rings. The SMILES string of the molecule is CC[C@H]1O[C@@H](n2cnc3c(OCCC#N)nc(C)nc32)C(OC)[C@H]1O. The highest BCUT2D eigenvalue weighted by molar-refractivity contribution is 5.76. The number of aliphatic hydroxyl groups excluding tert-OH is 1. The smallest absolute Gasteiger partial charge is 0.245 e. The summed E-state index contributed by atoms with van der Waals surface area (Å²) in [5.41, 5.74) is 1.02. The van der Waals surface area contributed by atoms with E-state index in [2.05, 4.69) is 15.0 Å². The maximum atomic E-state index is 10.4. The number of aromatic nitrogens is 4. The van der Waals surface area contributed by atoms with Crippen LogP contribution in [0.1, 0.15) is 31.8 Å². The normalized spacial score (nSPS) is 26.0. The highest BCUT2D eigenvalue weighted by Crippen LogP contribution is 2.35. The van der Waals surface area contributed by atoms with E-state index in [0.29, 0.717) is 29.3 Å². The van der Waals surface area contributed by atoms with Gasteiger partial charge in [-0.05, 0) is 13.3 Å². The van der Waals surface area contributed by atoms with E-state index >= 15 is 0 Å². The van der Waals surface area contributed by atoms with Gasteiger partial charge in [0.15, 0.2) is 17.4 Å². The molecule has 2 aromatic heterocycles. The quantitative estimate of drug-likeness (QED) is 0.773. The molecule has 1 fully saturated rings. The summed E-state index contributed by atoms with van der Waals surface area (Å²) >= 11 is 0. The molecule has 1 saturated heterocycles. The van der Waals surface area contributed by atoms with Crippen molar-refractivity contribution in [3.63, 3.8) is 0 Å². The van der Waals surface area contributed by atoms with Crippen LogP contribution in [0.2, 0.25) is 0 Å². The van der Waals surface area contributed by atoms with Gasteiger partial charge in [0, 0.05) is 7.11 Å². The molecule has 0 amide bonds. The third-order valence-corrected chi connectivity index (χ3v) is 4.22. The van der Waals surface area contributed by atoms with Crippen molar-refractivity contribution in [3.05, 3.63) is 12.2 Å². The summed E-state index contributed by atoms with van der Waals surface area (Å²) in [6.07, 6.45) is 0.385. The fourth-order valence-electron chi connectivity index (χ4n) is 3.01. The molecule has 1 aliphatic heterocycles. The molecule has 3 heterocycles. The molecule has 0 saturated carbocycles. The minimum absolute atomic E-state index is 0.228. The maximum Gasteiger partial charge on any atom is 0.245 e. The Morgan fingerprint density at radius 3 is 2.92 bits per heavy atom. The number of nitrogens with zero attached hydrogens (tertiary/aromatic N) is 5. The van der Waals surface area contributed by atoms with Crippen LogP contribution in [0.4, 0.5) is 0 Å². The Morgan fingerprint density at radius 1 is 1.44 bits per heavy atom. The van der Waals surface area contributed by atoms with E-state index in [1.807, 2.05) is 13.0 Å². The molecule has 0 bridgehead atoms. The van der Waals surface area contributed by atoms with Gasteiger partial charge in [-0.1, -0.05) is 6.92 Å². The molecule has 1 unspecified atom stereocenters. The lowest BCUT2D eigenvalue weighted by atomic mass is 10.1. The van der Waals surface area contributed by atoms with Gasteiger partial charge >= 0.3 is 0 Å². The zero-order valence-corrected chi connectivity index (χ0v) is 14.4. The molecule has 1 N–H and O–H groups in total. The molecule has 2 aromatic rings. The number of nitriles is 1. The number of ether oxygens (including phenoxy) is 3. The Bertz CT molecular complexity index is 787. The molecule has 0 aliphatic carbocycles. The van der Waals surface area contributed by atoms with E-state index < -0.39 is 18.4 Å². The minimum atomic E-state index is -0.730. The number of rotatable bonds is 6. The molecule has 25 heavy (non-hydrogen) atoms. The first-order valence-corrected chi connectivity index (χ1v) is 8.18. The third kappa shape index (κ3) is 3.16. The first-order valence-electron chi connectivity index (χ1n) is 8.18. The monoisotopic (exact) mass is 347 g/mol. The molecule has 0 aromatic carbocycles. The zero-order chi connectivity index (χ0) is 18.0. The van der Waals surface area contributed by atoms with E-state index in [1.54, 1.807) is 17.8 Å². The second kappa shape index (κ2) is 7.31. The van der Waals surface area contributed by atoms with Crippen LogP contribution < -0.4 is 4.74 Å². The van der Waals surface area contributed by atoms with Gasteiger partial charge in [-0.25, -0.2) is 9.97 Å². The van der Waals surface area contributed by atoms with Crippen LogP contribution in [-0.4, -0.2) is 56.7 Å². The predicted octanol–water partition coefficient (Wildman–Crippen LogP) is 1.11. The van der Waals surface area contributed by atoms with Crippen LogP contribution in [-0.2, 0) is 9.47 Å². The number of hydrogen-bond acceptors (Lipinski definition) is 8. The van der Waals surface area contributed by atoms with Crippen LogP contribution in [0.25, 0.3) is 11.2 Å². The second-order valence-electron chi connectivity index (χ2n) is 5.82. The van der Waals surface area contributed by atoms with Crippen LogP contribution >= 0.6 is 0 Å². The molecular weight excluding hydrogens is 326 g/mol. The number of imidazole rings is 1. The molecule has 0 radical (unpaired) electrons. The number of aryl methyl sites for hydroxylation is 1. The lowest BCUT2D eigenvalue weighted by Gasteiger charge is -2.20. The van der Waals surface area contributed by atoms with Crippen molar-refractivity contribution in [2.45, 2.75) is 51.2 Å². The highest BCUT2D eigenvalue weighted by Gasteiger charge is 2.44. The van der Waals surface area contributed by atoms with Gasteiger partial charge < -0.3 is 19.3 Å². The van der Waals surface area contributed by atoms with E-state index in [-0.39, 0.29) is 19.1 Å². The standard InChI is InChI=1S/C16H21N5O4/c1-4-10-12(22)13(23-3)16(25-10)21-8-18-11-14(21)19-9(2)20-15(11)24-7-5-6-17/h8,10,12-13,16,22H,4-5,7H2,1-3H3/t10-,12+,13?,16-/m1/s1. The summed E-state index contributed by atoms with van der Waals surface area (Å²) in [6, 6.07) is 2.02. The Kier molecular flexibility index (Phi) is 5.13. The lowest BCUT2D eigenvalue weighted by molar-refractivity contribution is -0.0497. The number of aliphatic hydroxyl groups is 1. The number of methoxy groups -OCH3 is 1.